The van der Waals surface area contributed by atoms with Gasteiger partial charge in [-0.3, -0.25) is 14.9 Å². The molecule has 0 aliphatic carbocycles. The molecule has 4 N–H and O–H groups in total. The van der Waals surface area contributed by atoms with Gasteiger partial charge in [-0.15, -0.1) is 0 Å². The Morgan fingerprint density at radius 2 is 1.90 bits per heavy atom. The predicted octanol–water partition coefficient (Wildman–Crippen LogP) is 0.574. The van der Waals surface area contributed by atoms with E-state index >= 15 is 0 Å². The number of hydrogen-bond acceptors (Lipinski definition) is 6. The van der Waals surface area contributed by atoms with E-state index in [-0.39, 0.29) is 36.2 Å². The monoisotopic (exact) mass is 435 g/mol. The number of amides is 2. The number of nitrogens with zero attached hydrogens (tertiary/aromatic N) is 1. The molecule has 176 valence electrons. The Kier molecular flexibility index (Phi) is 7.85. The van der Waals surface area contributed by atoms with Crippen molar-refractivity contribution in [2.24, 2.45) is 11.8 Å². The quantitative estimate of drug-likeness (QED) is 0.437. The molecule has 0 aromatic heterocycles. The maximum atomic E-state index is 12.7. The van der Waals surface area contributed by atoms with E-state index in [0.29, 0.717) is 17.9 Å². The molecule has 4 fully saturated rings. The number of likely N-dealkylation sites (tertiary alicyclic amines) is 1. The maximum absolute atomic E-state index is 12.7. The van der Waals surface area contributed by atoms with Crippen molar-refractivity contribution in [1.29, 1.82) is 0 Å². The van der Waals surface area contributed by atoms with Gasteiger partial charge in [0.05, 0.1) is 6.04 Å². The zero-order chi connectivity index (χ0) is 21.8. The molecule has 0 bridgehead atoms. The highest BCUT2D eigenvalue weighted by molar-refractivity contribution is 5.82. The van der Waals surface area contributed by atoms with Crippen LogP contribution in [-0.4, -0.2) is 79.9 Å². The molecule has 2 amide bonds. The van der Waals surface area contributed by atoms with Crippen LogP contribution in [0.1, 0.15) is 58.8 Å². The first-order valence-corrected chi connectivity index (χ1v) is 12.5. The number of carbonyl (C=O) groups excluding carboxylic acids is 2. The number of unbranched alkanes of at least 4 members (excludes halogenated alkanes) is 1. The predicted molar refractivity (Wildman–Crippen MR) is 119 cm³/mol. The van der Waals surface area contributed by atoms with Gasteiger partial charge in [0.2, 0.25) is 5.91 Å². The van der Waals surface area contributed by atoms with E-state index in [9.17, 15) is 9.59 Å². The third-order valence-corrected chi connectivity index (χ3v) is 7.69. The molecular formula is C23H41N5O3. The van der Waals surface area contributed by atoms with E-state index in [1.165, 1.54) is 6.42 Å². The van der Waals surface area contributed by atoms with Crippen LogP contribution in [0, 0.1) is 11.8 Å². The summed E-state index contributed by atoms with van der Waals surface area (Å²) in [5.74, 6) is 1.60. The fourth-order valence-corrected chi connectivity index (χ4v) is 5.82. The second kappa shape index (κ2) is 10.6. The Balaban J connectivity index is 1.06. The number of ether oxygens (including phenoxy) is 1. The summed E-state index contributed by atoms with van der Waals surface area (Å²) in [7, 11) is 0. The Bertz CT molecular complexity index is 610. The molecule has 31 heavy (non-hydrogen) atoms. The van der Waals surface area contributed by atoms with Crippen molar-refractivity contribution in [3.8, 4) is 0 Å². The molecule has 0 radical (unpaired) electrons. The van der Waals surface area contributed by atoms with Crippen LogP contribution in [0.4, 0.5) is 0 Å². The first kappa shape index (κ1) is 23.0. The Morgan fingerprint density at radius 1 is 1.10 bits per heavy atom. The second-order valence-electron chi connectivity index (χ2n) is 10.0. The van der Waals surface area contributed by atoms with Crippen molar-refractivity contribution in [3.63, 3.8) is 0 Å². The lowest BCUT2D eigenvalue weighted by atomic mass is 9.91. The number of nitrogens with one attached hydrogen (secondary N) is 4. The largest absolute Gasteiger partial charge is 0.355 e. The van der Waals surface area contributed by atoms with Crippen molar-refractivity contribution in [2.45, 2.75) is 89.3 Å². The zero-order valence-electron chi connectivity index (χ0n) is 19.2. The molecule has 0 aromatic rings. The minimum absolute atomic E-state index is 0.0125. The molecule has 6 unspecified atom stereocenters. The SMILES string of the molecule is CC1NC(C)C(C(=O)N2CCC(CCCCNC(=O)C3CC4CNCCC4N3)CC2)O1. The lowest BCUT2D eigenvalue weighted by Gasteiger charge is -2.34. The summed E-state index contributed by atoms with van der Waals surface area (Å²) in [6, 6.07) is 0.579. The molecule has 8 nitrogen and oxygen atoms in total. The number of piperidine rings is 2. The van der Waals surface area contributed by atoms with Gasteiger partial charge in [-0.25, -0.2) is 0 Å². The van der Waals surface area contributed by atoms with Crippen LogP contribution in [-0.2, 0) is 14.3 Å². The van der Waals surface area contributed by atoms with Crippen LogP contribution in [0.25, 0.3) is 0 Å². The van der Waals surface area contributed by atoms with Gasteiger partial charge < -0.3 is 25.6 Å². The number of fused-ring (bicyclic) bond motifs is 1. The molecule has 8 heteroatoms. The molecule has 0 aromatic carbocycles. The van der Waals surface area contributed by atoms with Gasteiger partial charge in [0.25, 0.3) is 5.91 Å². The molecule has 6 atom stereocenters. The van der Waals surface area contributed by atoms with E-state index in [1.807, 2.05) is 18.7 Å². The normalized spacial score (nSPS) is 36.4. The van der Waals surface area contributed by atoms with Crippen LogP contribution in [0.2, 0.25) is 0 Å². The van der Waals surface area contributed by atoms with Crippen molar-refractivity contribution >= 4 is 11.8 Å². The average molecular weight is 436 g/mol. The number of rotatable bonds is 7. The van der Waals surface area contributed by atoms with Gasteiger partial charge in [0, 0.05) is 31.7 Å². The van der Waals surface area contributed by atoms with Crippen LogP contribution < -0.4 is 21.3 Å². The number of hydrogen-bond donors (Lipinski definition) is 4. The zero-order valence-corrected chi connectivity index (χ0v) is 19.2. The molecule has 0 spiro atoms. The summed E-state index contributed by atoms with van der Waals surface area (Å²) in [5, 5.41) is 13.4. The lowest BCUT2D eigenvalue weighted by molar-refractivity contribution is -0.144. The van der Waals surface area contributed by atoms with Crippen LogP contribution in [0.15, 0.2) is 0 Å². The minimum atomic E-state index is -0.343. The third kappa shape index (κ3) is 5.78. The van der Waals surface area contributed by atoms with E-state index in [2.05, 4.69) is 21.3 Å². The van der Waals surface area contributed by atoms with E-state index in [1.54, 1.807) is 0 Å². The Hall–Kier alpha value is -1.22. The van der Waals surface area contributed by atoms with Crippen molar-refractivity contribution in [3.05, 3.63) is 0 Å². The van der Waals surface area contributed by atoms with E-state index < -0.39 is 0 Å². The average Bonchev–Trinajstić information content (AvgIpc) is 3.36. The fourth-order valence-electron chi connectivity index (χ4n) is 5.82. The van der Waals surface area contributed by atoms with Crippen molar-refractivity contribution in [2.75, 3.05) is 32.7 Å². The first-order valence-electron chi connectivity index (χ1n) is 12.5. The van der Waals surface area contributed by atoms with Gasteiger partial charge in [-0.1, -0.05) is 12.8 Å². The highest BCUT2D eigenvalue weighted by Crippen LogP contribution is 2.26. The summed E-state index contributed by atoms with van der Waals surface area (Å²) in [6.07, 6.45) is 7.19. The van der Waals surface area contributed by atoms with Gasteiger partial charge in [0.15, 0.2) is 6.10 Å². The summed E-state index contributed by atoms with van der Waals surface area (Å²) >= 11 is 0. The second-order valence-corrected chi connectivity index (χ2v) is 10.0. The Morgan fingerprint density at radius 3 is 2.61 bits per heavy atom. The summed E-state index contributed by atoms with van der Waals surface area (Å²) in [5.41, 5.74) is 0. The molecular weight excluding hydrogens is 394 g/mol. The number of carbonyl (C=O) groups is 2. The van der Waals surface area contributed by atoms with Crippen LogP contribution >= 0.6 is 0 Å². The maximum Gasteiger partial charge on any atom is 0.253 e. The van der Waals surface area contributed by atoms with Crippen LogP contribution in [0.5, 0.6) is 0 Å². The summed E-state index contributed by atoms with van der Waals surface area (Å²) in [4.78, 5) is 27.2. The van der Waals surface area contributed by atoms with Crippen LogP contribution in [0.3, 0.4) is 0 Å². The molecule has 4 aliphatic rings. The van der Waals surface area contributed by atoms with Gasteiger partial charge >= 0.3 is 0 Å². The molecule has 4 heterocycles. The molecule has 0 saturated carbocycles. The smallest absolute Gasteiger partial charge is 0.253 e. The van der Waals surface area contributed by atoms with E-state index in [4.69, 9.17) is 4.74 Å². The van der Waals surface area contributed by atoms with Crippen molar-refractivity contribution < 1.29 is 14.3 Å². The van der Waals surface area contributed by atoms with Gasteiger partial charge in [-0.2, -0.15) is 0 Å². The van der Waals surface area contributed by atoms with Crippen molar-refractivity contribution in [1.82, 2.24) is 26.2 Å². The standard InChI is InChI=1S/C23H41N5O3/c1-15-21(31-16(2)26-15)23(30)28-11-7-17(8-12-28)5-3-4-9-25-22(29)20-13-18-14-24-10-6-19(18)27-20/h15-21,24,26-27H,3-14H2,1-2H3,(H,25,29). The summed E-state index contributed by atoms with van der Waals surface area (Å²) < 4.78 is 5.75. The fraction of sp³-hybridized carbons (Fsp3) is 0.913. The highest BCUT2D eigenvalue weighted by atomic mass is 16.5. The lowest BCUT2D eigenvalue weighted by Crippen LogP contribution is -2.47. The third-order valence-electron chi connectivity index (χ3n) is 7.69. The highest BCUT2D eigenvalue weighted by Gasteiger charge is 2.39. The Labute approximate surface area is 186 Å². The topological polar surface area (TPSA) is 94.7 Å². The van der Waals surface area contributed by atoms with Gasteiger partial charge in [0.1, 0.15) is 6.23 Å². The van der Waals surface area contributed by atoms with Gasteiger partial charge in [-0.05, 0) is 70.9 Å². The summed E-state index contributed by atoms with van der Waals surface area (Å²) in [6.45, 7) is 8.51. The first-order chi connectivity index (χ1) is 15.0. The molecule has 4 saturated heterocycles. The van der Waals surface area contributed by atoms with E-state index in [0.717, 1.165) is 71.2 Å². The molecule has 4 rings (SSSR count). The molecule has 4 aliphatic heterocycles. The minimum Gasteiger partial charge on any atom is -0.355 e.